The van der Waals surface area contributed by atoms with Gasteiger partial charge in [0.05, 0.1) is 23.7 Å². The molecule has 0 fully saturated rings. The molecular formula is C30H22BrCl2N3O3. The molecule has 0 bridgehead atoms. The van der Waals surface area contributed by atoms with Crippen LogP contribution in [0.4, 0.5) is 0 Å². The number of ether oxygens (including phenoxy) is 2. The maximum Gasteiger partial charge on any atom is 0.282 e. The number of nitrogens with zero attached hydrogens (tertiary/aromatic N) is 3. The van der Waals surface area contributed by atoms with Gasteiger partial charge in [0.1, 0.15) is 6.61 Å². The number of fused-ring (bicyclic) bond motifs is 1. The Hall–Kier alpha value is -3.65. The van der Waals surface area contributed by atoms with E-state index in [1.165, 1.54) is 4.68 Å². The van der Waals surface area contributed by atoms with Crippen molar-refractivity contribution in [1.82, 2.24) is 9.66 Å². The van der Waals surface area contributed by atoms with E-state index in [1.54, 1.807) is 36.5 Å². The van der Waals surface area contributed by atoms with Gasteiger partial charge < -0.3 is 9.47 Å². The second kappa shape index (κ2) is 12.0. The summed E-state index contributed by atoms with van der Waals surface area (Å²) in [5.74, 6) is 1.50. The Kier molecular flexibility index (Phi) is 8.31. The Labute approximate surface area is 243 Å². The van der Waals surface area contributed by atoms with E-state index in [9.17, 15) is 4.79 Å². The van der Waals surface area contributed by atoms with Crippen molar-refractivity contribution in [3.05, 3.63) is 121 Å². The average molecular weight is 623 g/mol. The number of rotatable bonds is 8. The SMILES string of the molecule is CCOc1cc(C=Nn2c(-c3ccccc3)nc3ccccc3c2=O)c(Br)cc1OCc1ccc(Cl)cc1Cl. The first kappa shape index (κ1) is 26.9. The van der Waals surface area contributed by atoms with Crippen LogP contribution in [-0.4, -0.2) is 22.5 Å². The number of hydrogen-bond acceptors (Lipinski definition) is 5. The van der Waals surface area contributed by atoms with E-state index in [1.807, 2.05) is 61.5 Å². The normalized spacial score (nSPS) is 11.3. The Balaban J connectivity index is 1.52. The molecule has 0 saturated heterocycles. The molecule has 0 saturated carbocycles. The van der Waals surface area contributed by atoms with Gasteiger partial charge in [0.25, 0.3) is 5.56 Å². The number of hydrogen-bond donors (Lipinski definition) is 0. The van der Waals surface area contributed by atoms with Crippen molar-refractivity contribution in [2.45, 2.75) is 13.5 Å². The second-order valence-electron chi connectivity index (χ2n) is 8.46. The maximum atomic E-state index is 13.5. The van der Waals surface area contributed by atoms with Gasteiger partial charge >= 0.3 is 0 Å². The van der Waals surface area contributed by atoms with E-state index in [-0.39, 0.29) is 12.2 Å². The third kappa shape index (κ3) is 6.01. The minimum atomic E-state index is -0.267. The molecule has 0 radical (unpaired) electrons. The van der Waals surface area contributed by atoms with E-state index >= 15 is 0 Å². The van der Waals surface area contributed by atoms with Crippen molar-refractivity contribution >= 4 is 56.2 Å². The molecule has 0 unspecified atom stereocenters. The summed E-state index contributed by atoms with van der Waals surface area (Å²) in [6, 6.07) is 25.6. The zero-order valence-electron chi connectivity index (χ0n) is 20.8. The molecule has 0 aliphatic rings. The van der Waals surface area contributed by atoms with Gasteiger partial charge in [-0.15, -0.1) is 0 Å². The third-order valence-corrected chi connectivity index (χ3v) is 7.13. The summed E-state index contributed by atoms with van der Waals surface area (Å²) >= 11 is 15.9. The van der Waals surface area contributed by atoms with Crippen LogP contribution in [0, 0.1) is 0 Å². The number of benzene rings is 4. The number of aromatic nitrogens is 2. The Morgan fingerprint density at radius 2 is 1.69 bits per heavy atom. The molecule has 0 amide bonds. The van der Waals surface area contributed by atoms with Crippen LogP contribution in [0.1, 0.15) is 18.1 Å². The molecule has 39 heavy (non-hydrogen) atoms. The lowest BCUT2D eigenvalue weighted by molar-refractivity contribution is 0.269. The van der Waals surface area contributed by atoms with Crippen molar-refractivity contribution < 1.29 is 9.47 Å². The molecule has 9 heteroatoms. The lowest BCUT2D eigenvalue weighted by Gasteiger charge is -2.15. The van der Waals surface area contributed by atoms with Gasteiger partial charge in [-0.2, -0.15) is 9.78 Å². The highest BCUT2D eigenvalue weighted by Gasteiger charge is 2.14. The summed E-state index contributed by atoms with van der Waals surface area (Å²) in [6.07, 6.45) is 1.59. The van der Waals surface area contributed by atoms with Crippen LogP contribution in [0.25, 0.3) is 22.3 Å². The smallest absolute Gasteiger partial charge is 0.282 e. The maximum absolute atomic E-state index is 13.5. The van der Waals surface area contributed by atoms with Crippen LogP contribution in [-0.2, 0) is 6.61 Å². The van der Waals surface area contributed by atoms with Crippen LogP contribution in [0.2, 0.25) is 10.0 Å². The van der Waals surface area contributed by atoms with Crippen molar-refractivity contribution in [3.63, 3.8) is 0 Å². The van der Waals surface area contributed by atoms with Crippen LogP contribution < -0.4 is 15.0 Å². The van der Waals surface area contributed by atoms with Crippen molar-refractivity contribution in [3.8, 4) is 22.9 Å². The van der Waals surface area contributed by atoms with Crippen LogP contribution in [0.3, 0.4) is 0 Å². The zero-order chi connectivity index (χ0) is 27.4. The summed E-state index contributed by atoms with van der Waals surface area (Å²) < 4.78 is 13.9. The molecular weight excluding hydrogens is 601 g/mol. The first-order valence-electron chi connectivity index (χ1n) is 12.1. The van der Waals surface area contributed by atoms with Crippen molar-refractivity contribution in [2.24, 2.45) is 5.10 Å². The van der Waals surface area contributed by atoms with Crippen molar-refractivity contribution in [2.75, 3.05) is 6.61 Å². The number of halogens is 3. The fourth-order valence-corrected chi connectivity index (χ4v) is 4.84. The van der Waals surface area contributed by atoms with Gasteiger partial charge in [-0.3, -0.25) is 4.79 Å². The Morgan fingerprint density at radius 1 is 0.949 bits per heavy atom. The van der Waals surface area contributed by atoms with E-state index in [0.29, 0.717) is 54.9 Å². The van der Waals surface area contributed by atoms with Gasteiger partial charge in [0.15, 0.2) is 17.3 Å². The Morgan fingerprint density at radius 3 is 2.46 bits per heavy atom. The van der Waals surface area contributed by atoms with E-state index in [4.69, 9.17) is 37.7 Å². The summed E-state index contributed by atoms with van der Waals surface area (Å²) in [6.45, 7) is 2.55. The molecule has 0 spiro atoms. The molecule has 6 nitrogen and oxygen atoms in total. The van der Waals surface area contributed by atoms with Crippen LogP contribution >= 0.6 is 39.1 Å². The summed E-state index contributed by atoms with van der Waals surface area (Å²) in [5, 5.41) is 6.12. The summed E-state index contributed by atoms with van der Waals surface area (Å²) in [7, 11) is 0. The lowest BCUT2D eigenvalue weighted by atomic mass is 10.2. The summed E-state index contributed by atoms with van der Waals surface area (Å²) in [5.41, 5.74) is 2.60. The quantitative estimate of drug-likeness (QED) is 0.165. The first-order valence-corrected chi connectivity index (χ1v) is 13.6. The molecule has 196 valence electrons. The molecule has 0 atom stereocenters. The molecule has 4 aromatic carbocycles. The fourth-order valence-electron chi connectivity index (χ4n) is 3.95. The molecule has 5 rings (SSSR count). The van der Waals surface area contributed by atoms with Crippen molar-refractivity contribution in [1.29, 1.82) is 0 Å². The summed E-state index contributed by atoms with van der Waals surface area (Å²) in [4.78, 5) is 18.2. The molecule has 0 aliphatic carbocycles. The highest BCUT2D eigenvalue weighted by molar-refractivity contribution is 9.10. The van der Waals surface area contributed by atoms with Gasteiger partial charge in [0, 0.05) is 31.2 Å². The predicted octanol–water partition coefficient (Wildman–Crippen LogP) is 7.99. The third-order valence-electron chi connectivity index (χ3n) is 5.86. The zero-order valence-corrected chi connectivity index (χ0v) is 23.9. The average Bonchev–Trinajstić information content (AvgIpc) is 2.94. The van der Waals surface area contributed by atoms with E-state index < -0.39 is 0 Å². The highest BCUT2D eigenvalue weighted by atomic mass is 79.9. The van der Waals surface area contributed by atoms with Gasteiger partial charge in [-0.25, -0.2) is 4.98 Å². The fraction of sp³-hybridized carbons (Fsp3) is 0.100. The van der Waals surface area contributed by atoms with E-state index in [0.717, 1.165) is 11.1 Å². The van der Waals surface area contributed by atoms with Crippen LogP contribution in [0.5, 0.6) is 11.5 Å². The molecule has 1 heterocycles. The first-order chi connectivity index (χ1) is 18.9. The standard InChI is InChI=1S/C30H22BrCl2N3O3/c1-2-38-27-14-21(24(31)16-28(27)39-18-20-12-13-22(32)15-25(20)33)17-34-36-29(19-8-4-3-5-9-19)35-26-11-7-6-10-23(26)30(36)37/h3-17H,2,18H2,1H3. The predicted molar refractivity (Wildman–Crippen MR) is 161 cm³/mol. The van der Waals surface area contributed by atoms with Gasteiger partial charge in [-0.05, 0) is 59.3 Å². The minimum absolute atomic E-state index is 0.231. The lowest BCUT2D eigenvalue weighted by Crippen LogP contribution is -2.20. The Bertz CT molecular complexity index is 1740. The van der Waals surface area contributed by atoms with Gasteiger partial charge in [-0.1, -0.05) is 71.7 Å². The molecule has 5 aromatic rings. The molecule has 0 N–H and O–H groups in total. The number of para-hydroxylation sites is 1. The second-order valence-corrected chi connectivity index (χ2v) is 10.2. The van der Waals surface area contributed by atoms with Crippen LogP contribution in [0.15, 0.2) is 99.3 Å². The highest BCUT2D eigenvalue weighted by Crippen LogP contribution is 2.34. The monoisotopic (exact) mass is 621 g/mol. The molecule has 1 aromatic heterocycles. The van der Waals surface area contributed by atoms with Gasteiger partial charge in [0.2, 0.25) is 0 Å². The topological polar surface area (TPSA) is 65.7 Å². The molecule has 0 aliphatic heterocycles. The minimum Gasteiger partial charge on any atom is -0.490 e. The largest absolute Gasteiger partial charge is 0.490 e. The van der Waals surface area contributed by atoms with E-state index in [2.05, 4.69) is 21.0 Å².